The second-order valence-electron chi connectivity index (χ2n) is 5.62. The third-order valence-corrected chi connectivity index (χ3v) is 3.63. The van der Waals surface area contributed by atoms with Crippen molar-refractivity contribution in [2.45, 2.75) is 27.0 Å². The second-order valence-corrected chi connectivity index (χ2v) is 6.03. The lowest BCUT2D eigenvalue weighted by Gasteiger charge is -2.14. The van der Waals surface area contributed by atoms with Crippen LogP contribution in [0, 0.1) is 11.7 Å². The normalized spacial score (nSPS) is 11.0. The maximum atomic E-state index is 13.8. The number of benzene rings is 2. The van der Waals surface area contributed by atoms with Gasteiger partial charge in [-0.3, -0.25) is 0 Å². The Morgan fingerprint density at radius 3 is 2.64 bits per heavy atom. The van der Waals surface area contributed by atoms with Crippen LogP contribution in [0.4, 0.5) is 4.39 Å². The average Bonchev–Trinajstić information content (AvgIpc) is 2.48. The summed E-state index contributed by atoms with van der Waals surface area (Å²) in [5, 5.41) is 3.77. The molecule has 118 valence electrons. The van der Waals surface area contributed by atoms with Crippen molar-refractivity contribution in [1.29, 1.82) is 0 Å². The molecule has 2 aromatic carbocycles. The summed E-state index contributed by atoms with van der Waals surface area (Å²) in [6, 6.07) is 12.4. The number of ether oxygens (including phenoxy) is 1. The van der Waals surface area contributed by atoms with E-state index in [1.807, 2.05) is 24.3 Å². The number of nitrogens with one attached hydrogen (secondary N) is 1. The van der Waals surface area contributed by atoms with Crippen molar-refractivity contribution in [3.63, 3.8) is 0 Å². The summed E-state index contributed by atoms with van der Waals surface area (Å²) < 4.78 is 19.5. The van der Waals surface area contributed by atoms with Gasteiger partial charge in [0.2, 0.25) is 0 Å². The van der Waals surface area contributed by atoms with Crippen LogP contribution in [-0.4, -0.2) is 6.54 Å². The van der Waals surface area contributed by atoms with Crippen molar-refractivity contribution in [2.24, 2.45) is 5.92 Å². The van der Waals surface area contributed by atoms with E-state index in [9.17, 15) is 4.39 Å². The Morgan fingerprint density at radius 1 is 1.14 bits per heavy atom. The minimum absolute atomic E-state index is 0.118. The fraction of sp³-hybridized carbons (Fsp3) is 0.333. The number of hydrogen-bond acceptors (Lipinski definition) is 2. The summed E-state index contributed by atoms with van der Waals surface area (Å²) >= 11 is 6.02. The van der Waals surface area contributed by atoms with E-state index < -0.39 is 0 Å². The molecule has 0 aliphatic rings. The van der Waals surface area contributed by atoms with Gasteiger partial charge >= 0.3 is 0 Å². The van der Waals surface area contributed by atoms with Crippen LogP contribution < -0.4 is 10.1 Å². The summed E-state index contributed by atoms with van der Waals surface area (Å²) in [6.45, 7) is 6.10. The molecule has 0 saturated carbocycles. The monoisotopic (exact) mass is 321 g/mol. The molecule has 0 fully saturated rings. The van der Waals surface area contributed by atoms with Gasteiger partial charge in [-0.05, 0) is 30.7 Å². The first-order valence-electron chi connectivity index (χ1n) is 7.42. The molecule has 0 aromatic heterocycles. The molecule has 2 nitrogen and oxygen atoms in total. The van der Waals surface area contributed by atoms with Crippen molar-refractivity contribution in [1.82, 2.24) is 5.32 Å². The predicted molar refractivity (Wildman–Crippen MR) is 88.7 cm³/mol. The van der Waals surface area contributed by atoms with Crippen LogP contribution >= 0.6 is 11.6 Å². The molecule has 2 rings (SSSR count). The minimum Gasteiger partial charge on any atom is -0.488 e. The molecule has 1 N–H and O–H groups in total. The smallest absolute Gasteiger partial charge is 0.131 e. The molecule has 2 aromatic rings. The van der Waals surface area contributed by atoms with Gasteiger partial charge in [0.1, 0.15) is 18.2 Å². The second kappa shape index (κ2) is 8.16. The summed E-state index contributed by atoms with van der Waals surface area (Å²) in [4.78, 5) is 0. The van der Waals surface area contributed by atoms with E-state index in [2.05, 4.69) is 19.2 Å². The van der Waals surface area contributed by atoms with E-state index in [0.29, 0.717) is 16.5 Å². The van der Waals surface area contributed by atoms with Crippen LogP contribution in [0.3, 0.4) is 0 Å². The number of halogens is 2. The Bertz CT molecular complexity index is 596. The van der Waals surface area contributed by atoms with Gasteiger partial charge in [0.15, 0.2) is 0 Å². The third kappa shape index (κ3) is 4.72. The largest absolute Gasteiger partial charge is 0.488 e. The molecule has 0 saturated heterocycles. The quantitative estimate of drug-likeness (QED) is 0.790. The number of para-hydroxylation sites is 1. The Kier molecular flexibility index (Phi) is 6.22. The highest BCUT2D eigenvalue weighted by Gasteiger charge is 2.09. The van der Waals surface area contributed by atoms with Crippen LogP contribution in [0.1, 0.15) is 25.0 Å². The van der Waals surface area contributed by atoms with Gasteiger partial charge in [-0.1, -0.05) is 49.7 Å². The van der Waals surface area contributed by atoms with E-state index in [-0.39, 0.29) is 12.4 Å². The fourth-order valence-corrected chi connectivity index (χ4v) is 2.32. The van der Waals surface area contributed by atoms with Gasteiger partial charge in [0.05, 0.1) is 5.02 Å². The molecular weight excluding hydrogens is 301 g/mol. The van der Waals surface area contributed by atoms with Gasteiger partial charge in [0.25, 0.3) is 0 Å². The lowest BCUT2D eigenvalue weighted by atomic mass is 10.1. The predicted octanol–water partition coefficient (Wildman–Crippen LogP) is 4.80. The number of hydrogen-bond donors (Lipinski definition) is 1. The third-order valence-electron chi connectivity index (χ3n) is 3.27. The first-order valence-corrected chi connectivity index (χ1v) is 7.80. The molecule has 0 atom stereocenters. The maximum Gasteiger partial charge on any atom is 0.131 e. The van der Waals surface area contributed by atoms with Gasteiger partial charge in [0, 0.05) is 17.7 Å². The highest BCUT2D eigenvalue weighted by atomic mass is 35.5. The van der Waals surface area contributed by atoms with Crippen LogP contribution in [0.25, 0.3) is 0 Å². The molecule has 0 radical (unpaired) electrons. The maximum absolute atomic E-state index is 13.8. The van der Waals surface area contributed by atoms with Gasteiger partial charge in [-0.15, -0.1) is 0 Å². The first kappa shape index (κ1) is 16.8. The lowest BCUT2D eigenvalue weighted by Crippen LogP contribution is -2.19. The highest BCUT2D eigenvalue weighted by Crippen LogP contribution is 2.23. The molecule has 0 unspecified atom stereocenters. The lowest BCUT2D eigenvalue weighted by molar-refractivity contribution is 0.296. The number of rotatable bonds is 7. The van der Waals surface area contributed by atoms with Gasteiger partial charge < -0.3 is 10.1 Å². The van der Waals surface area contributed by atoms with Gasteiger partial charge in [-0.25, -0.2) is 4.39 Å². The summed E-state index contributed by atoms with van der Waals surface area (Å²) in [5.74, 6) is 0.992. The van der Waals surface area contributed by atoms with Crippen molar-refractivity contribution in [3.8, 4) is 5.75 Å². The summed E-state index contributed by atoms with van der Waals surface area (Å²) in [7, 11) is 0. The fourth-order valence-electron chi connectivity index (χ4n) is 2.11. The van der Waals surface area contributed by atoms with Crippen molar-refractivity contribution in [3.05, 3.63) is 64.4 Å². The van der Waals surface area contributed by atoms with Crippen molar-refractivity contribution in [2.75, 3.05) is 6.54 Å². The molecule has 0 bridgehead atoms. The Balaban J connectivity index is 2.03. The summed E-state index contributed by atoms with van der Waals surface area (Å²) in [6.07, 6.45) is 0. The zero-order valence-electron chi connectivity index (χ0n) is 12.9. The molecule has 0 aliphatic carbocycles. The van der Waals surface area contributed by atoms with Crippen LogP contribution in [0.15, 0.2) is 42.5 Å². The molecular formula is C18H21ClFNO. The molecule has 0 heterocycles. The van der Waals surface area contributed by atoms with E-state index >= 15 is 0 Å². The zero-order valence-corrected chi connectivity index (χ0v) is 13.7. The first-order chi connectivity index (χ1) is 10.6. The zero-order chi connectivity index (χ0) is 15.9. The Labute approximate surface area is 136 Å². The van der Waals surface area contributed by atoms with Crippen LogP contribution in [-0.2, 0) is 13.2 Å². The van der Waals surface area contributed by atoms with E-state index in [0.717, 1.165) is 24.4 Å². The van der Waals surface area contributed by atoms with Crippen molar-refractivity contribution >= 4 is 11.6 Å². The average molecular weight is 322 g/mol. The minimum atomic E-state index is -0.345. The van der Waals surface area contributed by atoms with Crippen LogP contribution in [0.5, 0.6) is 5.75 Å². The van der Waals surface area contributed by atoms with Crippen LogP contribution in [0.2, 0.25) is 5.02 Å². The molecule has 4 heteroatoms. The van der Waals surface area contributed by atoms with Gasteiger partial charge in [-0.2, -0.15) is 0 Å². The van der Waals surface area contributed by atoms with E-state index in [4.69, 9.17) is 16.3 Å². The summed E-state index contributed by atoms with van der Waals surface area (Å²) in [5.41, 5.74) is 1.43. The standard InChI is InChI=1S/C18H21ClFNO/c1-13(2)10-21-11-14-6-3-4-9-18(14)22-12-15-16(19)7-5-8-17(15)20/h3-9,13,21H,10-12H2,1-2H3. The SMILES string of the molecule is CC(C)CNCc1ccccc1OCc1c(F)cccc1Cl. The Hall–Kier alpha value is -1.58. The topological polar surface area (TPSA) is 21.3 Å². The molecule has 22 heavy (non-hydrogen) atoms. The highest BCUT2D eigenvalue weighted by molar-refractivity contribution is 6.31. The van der Waals surface area contributed by atoms with Crippen molar-refractivity contribution < 1.29 is 9.13 Å². The molecule has 0 amide bonds. The molecule has 0 spiro atoms. The Morgan fingerprint density at radius 2 is 1.91 bits per heavy atom. The molecule has 0 aliphatic heterocycles. The van der Waals surface area contributed by atoms with E-state index in [1.54, 1.807) is 12.1 Å². The van der Waals surface area contributed by atoms with E-state index in [1.165, 1.54) is 6.07 Å².